The predicted molar refractivity (Wildman–Crippen MR) is 66.8 cm³/mol. The van der Waals surface area contributed by atoms with Crippen molar-refractivity contribution >= 4 is 13.3 Å². The second kappa shape index (κ2) is 4.45. The number of aliphatic hydroxyl groups excluding tert-OH is 1. The molecule has 0 aromatic heterocycles. The number of benzene rings is 1. The van der Waals surface area contributed by atoms with Gasteiger partial charge < -0.3 is 21.1 Å². The average Bonchev–Trinajstić information content (AvgIpc) is 2.18. The first-order chi connectivity index (χ1) is 7.29. The molecule has 4 nitrogen and oxygen atoms in total. The molecule has 1 atom stereocenters. The van der Waals surface area contributed by atoms with Gasteiger partial charge in [0, 0.05) is 6.54 Å². The van der Waals surface area contributed by atoms with Crippen LogP contribution in [-0.2, 0) is 0 Å². The fourth-order valence-corrected chi connectivity index (χ4v) is 3.74. The third kappa shape index (κ3) is 2.37. The molecule has 1 aromatic carbocycles. The fourth-order valence-electron chi connectivity index (χ4n) is 1.79. The number of phenols is 2. The van der Waals surface area contributed by atoms with Crippen molar-refractivity contribution in [1.82, 2.24) is 0 Å². The Morgan fingerprint density at radius 1 is 1.25 bits per heavy atom. The van der Waals surface area contributed by atoms with Gasteiger partial charge in [-0.1, -0.05) is 25.7 Å². The number of phenolic OH excluding ortho intramolecular Hbond substituents is 2. The lowest BCUT2D eigenvalue weighted by Crippen LogP contribution is -2.41. The Bertz CT molecular complexity index is 388. The molecule has 0 heterocycles. The van der Waals surface area contributed by atoms with Crippen LogP contribution >= 0.6 is 0 Å². The largest absolute Gasteiger partial charge is 0.504 e. The van der Waals surface area contributed by atoms with E-state index in [1.54, 1.807) is 6.07 Å². The van der Waals surface area contributed by atoms with E-state index in [0.717, 1.165) is 0 Å². The van der Waals surface area contributed by atoms with Gasteiger partial charge in [-0.25, -0.2) is 0 Å². The van der Waals surface area contributed by atoms with Crippen LogP contribution in [0.3, 0.4) is 0 Å². The summed E-state index contributed by atoms with van der Waals surface area (Å²) in [4.78, 5) is 0. The third-order valence-corrected chi connectivity index (χ3v) is 4.55. The standard InChI is InChI=1S/C11H19NO3Si/c1-16(2,3)11-7(9(14)6-12)4-5-8(13)10(11)15/h4-5,9,13-15H,6,12H2,1-3H3/t9-/m0/s1. The molecular formula is C11H19NO3Si. The van der Waals surface area contributed by atoms with Crippen LogP contribution in [0.2, 0.25) is 19.6 Å². The maximum atomic E-state index is 9.89. The maximum absolute atomic E-state index is 9.89. The van der Waals surface area contributed by atoms with E-state index in [-0.39, 0.29) is 18.0 Å². The van der Waals surface area contributed by atoms with Gasteiger partial charge in [-0.15, -0.1) is 0 Å². The van der Waals surface area contributed by atoms with Gasteiger partial charge in [0.15, 0.2) is 11.5 Å². The molecule has 90 valence electrons. The molecular weight excluding hydrogens is 222 g/mol. The Labute approximate surface area is 96.4 Å². The van der Waals surface area contributed by atoms with Crippen molar-refractivity contribution in [3.63, 3.8) is 0 Å². The molecule has 0 bridgehead atoms. The van der Waals surface area contributed by atoms with Gasteiger partial charge in [0.25, 0.3) is 0 Å². The number of rotatable bonds is 3. The number of hydrogen-bond donors (Lipinski definition) is 4. The highest BCUT2D eigenvalue weighted by Crippen LogP contribution is 2.28. The van der Waals surface area contributed by atoms with Crippen molar-refractivity contribution in [2.24, 2.45) is 5.73 Å². The van der Waals surface area contributed by atoms with Crippen LogP contribution in [-0.4, -0.2) is 29.9 Å². The summed E-state index contributed by atoms with van der Waals surface area (Å²) in [6, 6.07) is 3.01. The Morgan fingerprint density at radius 2 is 1.81 bits per heavy atom. The molecule has 0 saturated heterocycles. The van der Waals surface area contributed by atoms with E-state index in [4.69, 9.17) is 5.73 Å². The van der Waals surface area contributed by atoms with Gasteiger partial charge in [-0.2, -0.15) is 0 Å². The van der Waals surface area contributed by atoms with Crippen LogP contribution in [0.4, 0.5) is 0 Å². The quantitative estimate of drug-likeness (QED) is 0.462. The van der Waals surface area contributed by atoms with E-state index < -0.39 is 14.2 Å². The van der Waals surface area contributed by atoms with E-state index in [9.17, 15) is 15.3 Å². The molecule has 0 unspecified atom stereocenters. The maximum Gasteiger partial charge on any atom is 0.157 e. The second-order valence-electron chi connectivity index (χ2n) is 4.90. The molecule has 0 amide bonds. The van der Waals surface area contributed by atoms with Crippen LogP contribution in [0.1, 0.15) is 11.7 Å². The third-order valence-electron chi connectivity index (χ3n) is 2.52. The molecule has 0 saturated carbocycles. The molecule has 0 aliphatic carbocycles. The van der Waals surface area contributed by atoms with Crippen molar-refractivity contribution < 1.29 is 15.3 Å². The first kappa shape index (κ1) is 13.0. The zero-order chi connectivity index (χ0) is 12.5. The van der Waals surface area contributed by atoms with Gasteiger partial charge >= 0.3 is 0 Å². The molecule has 1 aromatic rings. The SMILES string of the molecule is C[Si](C)(C)c1c([C@@H](O)CN)ccc(O)c1O. The van der Waals surface area contributed by atoms with E-state index >= 15 is 0 Å². The normalized spacial score (nSPS) is 13.8. The monoisotopic (exact) mass is 241 g/mol. The van der Waals surface area contributed by atoms with Gasteiger partial charge in [0.1, 0.15) is 0 Å². The predicted octanol–water partition coefficient (Wildman–Crippen LogP) is 0.635. The minimum Gasteiger partial charge on any atom is -0.504 e. The van der Waals surface area contributed by atoms with Crippen molar-refractivity contribution in [1.29, 1.82) is 0 Å². The average molecular weight is 241 g/mol. The van der Waals surface area contributed by atoms with Crippen LogP contribution in [0.25, 0.3) is 0 Å². The lowest BCUT2D eigenvalue weighted by atomic mass is 10.1. The lowest BCUT2D eigenvalue weighted by Gasteiger charge is -2.24. The zero-order valence-electron chi connectivity index (χ0n) is 9.86. The minimum absolute atomic E-state index is 0.0989. The summed E-state index contributed by atoms with van der Waals surface area (Å²) in [5, 5.41) is 29.9. The number of hydrogen-bond acceptors (Lipinski definition) is 4. The van der Waals surface area contributed by atoms with Gasteiger partial charge in [0.2, 0.25) is 0 Å². The van der Waals surface area contributed by atoms with Crippen molar-refractivity contribution in [2.45, 2.75) is 25.7 Å². The topological polar surface area (TPSA) is 86.7 Å². The number of aromatic hydroxyl groups is 2. The smallest absolute Gasteiger partial charge is 0.157 e. The van der Waals surface area contributed by atoms with Crippen molar-refractivity contribution in [3.8, 4) is 11.5 Å². The molecule has 0 aliphatic rings. The highest BCUT2D eigenvalue weighted by Gasteiger charge is 2.28. The van der Waals surface area contributed by atoms with Crippen molar-refractivity contribution in [2.75, 3.05) is 6.54 Å². The van der Waals surface area contributed by atoms with E-state index in [1.807, 2.05) is 19.6 Å². The van der Waals surface area contributed by atoms with Crippen LogP contribution in [0.15, 0.2) is 12.1 Å². The summed E-state index contributed by atoms with van der Waals surface area (Å²) in [7, 11) is -1.86. The molecule has 1 rings (SSSR count). The summed E-state index contributed by atoms with van der Waals surface area (Å²) in [6.07, 6.45) is -0.798. The first-order valence-electron chi connectivity index (χ1n) is 5.22. The summed E-state index contributed by atoms with van der Waals surface area (Å²) < 4.78 is 0. The molecule has 5 N–H and O–H groups in total. The Hall–Kier alpha value is -1.04. The Morgan fingerprint density at radius 3 is 2.25 bits per heavy atom. The highest BCUT2D eigenvalue weighted by molar-refractivity contribution is 6.89. The highest BCUT2D eigenvalue weighted by atomic mass is 28.3. The summed E-state index contributed by atoms with van der Waals surface area (Å²) in [5.41, 5.74) is 6.05. The lowest BCUT2D eigenvalue weighted by molar-refractivity contribution is 0.187. The molecule has 0 spiro atoms. The molecule has 5 heteroatoms. The van der Waals surface area contributed by atoms with Crippen molar-refractivity contribution in [3.05, 3.63) is 17.7 Å². The number of nitrogens with two attached hydrogens (primary N) is 1. The zero-order valence-corrected chi connectivity index (χ0v) is 10.9. The fraction of sp³-hybridized carbons (Fsp3) is 0.455. The van der Waals surface area contributed by atoms with Crippen LogP contribution in [0, 0.1) is 0 Å². The van der Waals surface area contributed by atoms with Gasteiger partial charge in [-0.3, -0.25) is 0 Å². The summed E-state index contributed by atoms with van der Waals surface area (Å²) in [6.45, 7) is 6.21. The van der Waals surface area contributed by atoms with E-state index in [1.165, 1.54) is 6.07 Å². The molecule has 0 fully saturated rings. The Kier molecular flexibility index (Phi) is 3.62. The van der Waals surface area contributed by atoms with Crippen LogP contribution < -0.4 is 10.9 Å². The second-order valence-corrected chi connectivity index (χ2v) is 9.90. The molecule has 0 radical (unpaired) electrons. The molecule has 16 heavy (non-hydrogen) atoms. The van der Waals surface area contributed by atoms with Gasteiger partial charge in [0.05, 0.1) is 14.2 Å². The Balaban J connectivity index is 3.45. The van der Waals surface area contributed by atoms with Crippen LogP contribution in [0.5, 0.6) is 11.5 Å². The number of aliphatic hydroxyl groups is 1. The van der Waals surface area contributed by atoms with E-state index in [0.29, 0.717) is 10.8 Å². The summed E-state index contributed by atoms with van der Waals surface area (Å²) in [5.74, 6) is -0.269. The first-order valence-corrected chi connectivity index (χ1v) is 8.72. The molecule has 0 aliphatic heterocycles. The minimum atomic E-state index is -1.86. The summed E-state index contributed by atoms with van der Waals surface area (Å²) >= 11 is 0. The van der Waals surface area contributed by atoms with E-state index in [2.05, 4.69) is 0 Å². The van der Waals surface area contributed by atoms with Gasteiger partial charge in [-0.05, 0) is 16.8 Å².